The van der Waals surface area contributed by atoms with Gasteiger partial charge in [0.05, 0.1) is 5.56 Å². The molecule has 2 radical (unpaired) electrons. The van der Waals surface area contributed by atoms with Gasteiger partial charge >= 0.3 is 0 Å². The van der Waals surface area contributed by atoms with E-state index >= 15 is 0 Å². The van der Waals surface area contributed by atoms with Crippen molar-refractivity contribution >= 4 is 34.9 Å². The van der Waals surface area contributed by atoms with Gasteiger partial charge in [0, 0.05) is 21.9 Å². The van der Waals surface area contributed by atoms with Crippen LogP contribution in [0.1, 0.15) is 59.8 Å². The van der Waals surface area contributed by atoms with E-state index in [1.54, 1.807) is 13.0 Å². The highest BCUT2D eigenvalue weighted by Gasteiger charge is 2.37. The molecule has 4 aromatic rings. The number of phenolic OH excluding ortho intramolecular Hbond substituents is 8. The molecule has 0 bridgehead atoms. The fourth-order valence-electron chi connectivity index (χ4n) is 5.74. The molecule has 0 unspecified atom stereocenters. The molecular weight excluding hydrogens is 475 g/mol. The summed E-state index contributed by atoms with van der Waals surface area (Å²) in [6.45, 7) is 3.63. The van der Waals surface area contributed by atoms with Crippen LogP contribution in [0, 0.1) is 13.8 Å². The van der Waals surface area contributed by atoms with Gasteiger partial charge < -0.3 is 40.9 Å². The van der Waals surface area contributed by atoms with E-state index in [-0.39, 0.29) is 33.9 Å². The number of benzene rings is 4. The maximum atomic E-state index is 11.4. The van der Waals surface area contributed by atoms with E-state index in [2.05, 4.69) is 0 Å². The Morgan fingerprint density at radius 2 is 1.05 bits per heavy atom. The van der Waals surface area contributed by atoms with Crippen molar-refractivity contribution in [3.8, 4) is 57.1 Å². The first-order valence-electron chi connectivity index (χ1n) is 12.1. The first kappa shape index (κ1) is 23.3. The fraction of sp³-hybridized carbons (Fsp3) is 0.286. The number of fused-ring (bicyclic) bond motifs is 2. The minimum atomic E-state index is -0.994. The Balaban J connectivity index is 1.98. The van der Waals surface area contributed by atoms with Crippen LogP contribution in [0.4, 0.5) is 0 Å². The molecule has 0 spiro atoms. The highest BCUT2D eigenvalue weighted by molar-refractivity contribution is 6.38. The summed E-state index contributed by atoms with van der Waals surface area (Å²) in [5, 5.41) is 87.8. The van der Waals surface area contributed by atoms with Crippen LogP contribution < -0.4 is 5.46 Å². The predicted molar refractivity (Wildman–Crippen MR) is 139 cm³/mol. The molecule has 0 heterocycles. The minimum absolute atomic E-state index is 0.0555. The number of phenols is 8. The van der Waals surface area contributed by atoms with Gasteiger partial charge in [-0.05, 0) is 90.4 Å². The van der Waals surface area contributed by atoms with Crippen LogP contribution in [0.3, 0.4) is 0 Å². The van der Waals surface area contributed by atoms with E-state index in [0.717, 1.165) is 36.8 Å². The standard InChI is InChI=1S/C28H25BO8/c1-8-9(2)21(30)16-12(14(8)10-3-4-10)7-13-15(11-5-6-11)23(32)27(36)24(33)17(13)18(16)19-22(31)20(29)26(35)28(37)25(19)34/h7,10-11,30-37H,3-6H2,1-2H3. The van der Waals surface area contributed by atoms with Crippen molar-refractivity contribution in [3.05, 3.63) is 28.3 Å². The molecule has 2 fully saturated rings. The van der Waals surface area contributed by atoms with Gasteiger partial charge in [0.1, 0.15) is 19.3 Å². The normalized spacial score (nSPS) is 15.6. The lowest BCUT2D eigenvalue weighted by Gasteiger charge is -2.24. The molecule has 0 atom stereocenters. The molecule has 0 saturated heterocycles. The topological polar surface area (TPSA) is 162 Å². The van der Waals surface area contributed by atoms with Crippen molar-refractivity contribution in [3.63, 3.8) is 0 Å². The van der Waals surface area contributed by atoms with Gasteiger partial charge in [0.25, 0.3) is 0 Å². The summed E-state index contributed by atoms with van der Waals surface area (Å²) in [5.41, 5.74) is 1.63. The zero-order valence-electron chi connectivity index (χ0n) is 20.2. The molecule has 2 aliphatic rings. The second kappa shape index (κ2) is 7.44. The van der Waals surface area contributed by atoms with Crippen molar-refractivity contribution in [2.45, 2.75) is 51.4 Å². The average Bonchev–Trinajstić information content (AvgIpc) is 3.79. The maximum Gasteiger partial charge on any atom is 0.201 e. The zero-order chi connectivity index (χ0) is 26.7. The van der Waals surface area contributed by atoms with Gasteiger partial charge in [-0.15, -0.1) is 0 Å². The van der Waals surface area contributed by atoms with Gasteiger partial charge in [-0.1, -0.05) is 0 Å². The lowest BCUT2D eigenvalue weighted by molar-refractivity contribution is 0.365. The van der Waals surface area contributed by atoms with Crippen molar-refractivity contribution in [1.29, 1.82) is 0 Å². The second-order valence-corrected chi connectivity index (χ2v) is 10.3. The highest BCUT2D eigenvalue weighted by Crippen LogP contribution is 2.61. The molecule has 2 aliphatic carbocycles. The number of aromatic hydroxyl groups is 8. The Labute approximate surface area is 212 Å². The number of rotatable bonds is 3. The van der Waals surface area contributed by atoms with Gasteiger partial charge in [-0.25, -0.2) is 0 Å². The lowest BCUT2D eigenvalue weighted by Crippen LogP contribution is -2.06. The van der Waals surface area contributed by atoms with Gasteiger partial charge in [0.15, 0.2) is 23.0 Å². The first-order valence-corrected chi connectivity index (χ1v) is 12.1. The Hall–Kier alpha value is -4.14. The summed E-state index contributed by atoms with van der Waals surface area (Å²) < 4.78 is 0. The van der Waals surface area contributed by atoms with Gasteiger partial charge in [-0.2, -0.15) is 0 Å². The Bertz CT molecular complexity index is 1580. The largest absolute Gasteiger partial charge is 0.508 e. The van der Waals surface area contributed by atoms with Crippen molar-refractivity contribution in [2.75, 3.05) is 0 Å². The van der Waals surface area contributed by atoms with Crippen LogP contribution in [-0.2, 0) is 0 Å². The molecule has 2 saturated carbocycles. The molecule has 0 aliphatic heterocycles. The maximum absolute atomic E-state index is 11.4. The Kier molecular flexibility index (Phi) is 4.68. The fourth-order valence-corrected chi connectivity index (χ4v) is 5.74. The third-order valence-electron chi connectivity index (χ3n) is 8.06. The third-order valence-corrected chi connectivity index (χ3v) is 8.06. The molecule has 8 N–H and O–H groups in total. The quantitative estimate of drug-likeness (QED) is 0.0885. The molecule has 37 heavy (non-hydrogen) atoms. The number of hydrogen-bond donors (Lipinski definition) is 8. The van der Waals surface area contributed by atoms with Crippen LogP contribution >= 0.6 is 0 Å². The molecule has 188 valence electrons. The van der Waals surface area contributed by atoms with E-state index in [0.29, 0.717) is 21.9 Å². The Morgan fingerprint density at radius 3 is 1.65 bits per heavy atom. The van der Waals surface area contributed by atoms with Crippen LogP contribution in [0.15, 0.2) is 6.07 Å². The first-order chi connectivity index (χ1) is 17.5. The van der Waals surface area contributed by atoms with Crippen LogP contribution in [0.25, 0.3) is 32.7 Å². The molecule has 9 heteroatoms. The summed E-state index contributed by atoms with van der Waals surface area (Å²) in [5.74, 6) is -5.68. The molecule has 6 rings (SSSR count). The molecular formula is C28H25BO8. The summed E-state index contributed by atoms with van der Waals surface area (Å²) in [6, 6.07) is 1.76. The van der Waals surface area contributed by atoms with E-state index in [1.807, 2.05) is 6.92 Å². The highest BCUT2D eigenvalue weighted by atomic mass is 16.3. The number of hydrogen-bond acceptors (Lipinski definition) is 8. The van der Waals surface area contributed by atoms with Gasteiger partial charge in [-0.3, -0.25) is 0 Å². The smallest absolute Gasteiger partial charge is 0.201 e. The predicted octanol–water partition coefficient (Wildman–Crippen LogP) is 4.47. The summed E-state index contributed by atoms with van der Waals surface area (Å²) in [4.78, 5) is 0. The van der Waals surface area contributed by atoms with Crippen molar-refractivity contribution in [1.82, 2.24) is 0 Å². The van der Waals surface area contributed by atoms with E-state index in [4.69, 9.17) is 7.85 Å². The summed E-state index contributed by atoms with van der Waals surface area (Å²) in [6.07, 6.45) is 3.35. The summed E-state index contributed by atoms with van der Waals surface area (Å²) in [7, 11) is 5.85. The van der Waals surface area contributed by atoms with Crippen LogP contribution in [0.2, 0.25) is 0 Å². The molecule has 4 aromatic carbocycles. The Morgan fingerprint density at radius 1 is 0.541 bits per heavy atom. The lowest BCUT2D eigenvalue weighted by atomic mass is 9.80. The summed E-state index contributed by atoms with van der Waals surface area (Å²) >= 11 is 0. The van der Waals surface area contributed by atoms with E-state index in [1.165, 1.54) is 0 Å². The van der Waals surface area contributed by atoms with Crippen molar-refractivity contribution < 1.29 is 40.9 Å². The molecule has 0 amide bonds. The average molecular weight is 500 g/mol. The third kappa shape index (κ3) is 2.97. The molecule has 0 aromatic heterocycles. The SMILES string of the molecule is [B]c1c(O)c(O)c(O)c(-c2c3c(O)c(C)c(C)c(C4CC4)c3cc3c(C4CC4)c(O)c(O)c(O)c23)c1O. The monoisotopic (exact) mass is 500 g/mol. The second-order valence-electron chi connectivity index (χ2n) is 10.3. The zero-order valence-corrected chi connectivity index (χ0v) is 20.2. The minimum Gasteiger partial charge on any atom is -0.508 e. The van der Waals surface area contributed by atoms with Crippen LogP contribution in [0.5, 0.6) is 46.0 Å². The van der Waals surface area contributed by atoms with Crippen LogP contribution in [-0.4, -0.2) is 48.7 Å². The van der Waals surface area contributed by atoms with Crippen molar-refractivity contribution in [2.24, 2.45) is 0 Å². The van der Waals surface area contributed by atoms with E-state index in [9.17, 15) is 40.9 Å². The molecule has 8 nitrogen and oxygen atoms in total. The van der Waals surface area contributed by atoms with E-state index < -0.39 is 51.3 Å². The van der Waals surface area contributed by atoms with Gasteiger partial charge in [0.2, 0.25) is 11.5 Å².